The Morgan fingerprint density at radius 2 is 2.04 bits per heavy atom. The SMILES string of the molecule is CC(C)(C)OC(=O)c1cc(C#N)c(OCC2CCNCC2)cc1F. The summed E-state index contributed by atoms with van der Waals surface area (Å²) in [6, 6.07) is 4.25. The standard InChI is InChI=1S/C18H23FN2O3/c1-18(2,3)24-17(22)14-8-13(10-20)16(9-15(14)19)23-11-12-4-6-21-7-5-12/h8-9,12,21H,4-7,11H2,1-3H3. The normalized spacial score (nSPS) is 15.6. The number of piperidine rings is 1. The Labute approximate surface area is 141 Å². The van der Waals surface area contributed by atoms with Gasteiger partial charge in [0, 0.05) is 6.07 Å². The van der Waals surface area contributed by atoms with Gasteiger partial charge in [0.2, 0.25) is 0 Å². The number of hydrogen-bond acceptors (Lipinski definition) is 5. The highest BCUT2D eigenvalue weighted by atomic mass is 19.1. The molecule has 2 rings (SSSR count). The van der Waals surface area contributed by atoms with Gasteiger partial charge in [0.25, 0.3) is 0 Å². The van der Waals surface area contributed by atoms with Crippen molar-refractivity contribution < 1.29 is 18.7 Å². The van der Waals surface area contributed by atoms with Crippen LogP contribution >= 0.6 is 0 Å². The van der Waals surface area contributed by atoms with E-state index in [2.05, 4.69) is 5.32 Å². The predicted molar refractivity (Wildman–Crippen MR) is 87.4 cm³/mol. The fourth-order valence-corrected chi connectivity index (χ4v) is 2.51. The molecule has 1 N–H and O–H groups in total. The van der Waals surface area contributed by atoms with Crippen LogP contribution in [0.5, 0.6) is 5.75 Å². The van der Waals surface area contributed by atoms with Gasteiger partial charge >= 0.3 is 5.97 Å². The molecule has 0 radical (unpaired) electrons. The average Bonchev–Trinajstić information content (AvgIpc) is 2.52. The molecule has 1 heterocycles. The second-order valence-electron chi connectivity index (χ2n) is 6.95. The van der Waals surface area contributed by atoms with Crippen LogP contribution in [0.15, 0.2) is 12.1 Å². The van der Waals surface area contributed by atoms with Gasteiger partial charge in [-0.1, -0.05) is 0 Å². The van der Waals surface area contributed by atoms with Crippen LogP contribution in [0.2, 0.25) is 0 Å². The Kier molecular flexibility index (Phi) is 5.79. The van der Waals surface area contributed by atoms with Crippen molar-refractivity contribution in [2.45, 2.75) is 39.2 Å². The van der Waals surface area contributed by atoms with E-state index in [1.165, 1.54) is 6.07 Å². The van der Waals surface area contributed by atoms with E-state index in [4.69, 9.17) is 9.47 Å². The van der Waals surface area contributed by atoms with Crippen molar-refractivity contribution in [3.8, 4) is 11.8 Å². The molecule has 24 heavy (non-hydrogen) atoms. The largest absolute Gasteiger partial charge is 0.492 e. The van der Waals surface area contributed by atoms with Crippen molar-refractivity contribution >= 4 is 5.97 Å². The number of esters is 1. The Hall–Kier alpha value is -2.13. The minimum Gasteiger partial charge on any atom is -0.492 e. The van der Waals surface area contributed by atoms with Crippen molar-refractivity contribution in [2.24, 2.45) is 5.92 Å². The zero-order valence-electron chi connectivity index (χ0n) is 14.3. The average molecular weight is 334 g/mol. The van der Waals surface area contributed by atoms with Gasteiger partial charge in [0.1, 0.15) is 23.2 Å². The van der Waals surface area contributed by atoms with E-state index in [0.29, 0.717) is 12.5 Å². The lowest BCUT2D eigenvalue weighted by Crippen LogP contribution is -2.30. The quantitative estimate of drug-likeness (QED) is 0.857. The van der Waals surface area contributed by atoms with Gasteiger partial charge in [-0.2, -0.15) is 5.26 Å². The molecule has 0 amide bonds. The molecule has 1 aromatic carbocycles. The summed E-state index contributed by atoms with van der Waals surface area (Å²) in [5, 5.41) is 12.5. The van der Waals surface area contributed by atoms with Crippen molar-refractivity contribution in [3.05, 3.63) is 29.1 Å². The highest BCUT2D eigenvalue weighted by molar-refractivity contribution is 5.90. The van der Waals surface area contributed by atoms with E-state index in [1.807, 2.05) is 6.07 Å². The van der Waals surface area contributed by atoms with Crippen LogP contribution in [0.4, 0.5) is 4.39 Å². The van der Waals surface area contributed by atoms with Crippen LogP contribution in [0.25, 0.3) is 0 Å². The Balaban J connectivity index is 2.14. The molecule has 0 bridgehead atoms. The second kappa shape index (κ2) is 7.63. The Bertz CT molecular complexity index is 641. The number of carbonyl (C=O) groups is 1. The molecule has 0 aliphatic carbocycles. The van der Waals surface area contributed by atoms with E-state index in [9.17, 15) is 14.4 Å². The van der Waals surface area contributed by atoms with E-state index >= 15 is 0 Å². The number of carbonyl (C=O) groups excluding carboxylic acids is 1. The van der Waals surface area contributed by atoms with E-state index < -0.39 is 17.4 Å². The summed E-state index contributed by atoms with van der Waals surface area (Å²) in [5.74, 6) is -0.989. The summed E-state index contributed by atoms with van der Waals surface area (Å²) in [5.41, 5.74) is -0.859. The third kappa shape index (κ3) is 4.93. The second-order valence-corrected chi connectivity index (χ2v) is 6.95. The lowest BCUT2D eigenvalue weighted by molar-refractivity contribution is 0.00646. The van der Waals surface area contributed by atoms with Crippen molar-refractivity contribution in [2.75, 3.05) is 19.7 Å². The van der Waals surface area contributed by atoms with Crippen LogP contribution in [0, 0.1) is 23.1 Å². The summed E-state index contributed by atoms with van der Waals surface area (Å²) in [4.78, 5) is 12.0. The molecular weight excluding hydrogens is 311 g/mol. The first-order valence-corrected chi connectivity index (χ1v) is 8.10. The Morgan fingerprint density at radius 1 is 1.38 bits per heavy atom. The molecule has 0 unspecified atom stereocenters. The van der Waals surface area contributed by atoms with Gasteiger partial charge < -0.3 is 14.8 Å². The molecule has 0 aromatic heterocycles. The van der Waals surface area contributed by atoms with Crippen molar-refractivity contribution in [1.82, 2.24) is 5.32 Å². The molecule has 1 saturated heterocycles. The first-order chi connectivity index (χ1) is 11.3. The third-order valence-electron chi connectivity index (χ3n) is 3.74. The number of benzene rings is 1. The maximum absolute atomic E-state index is 14.3. The zero-order valence-corrected chi connectivity index (χ0v) is 14.3. The molecule has 1 fully saturated rings. The molecule has 0 saturated carbocycles. The molecule has 1 aliphatic rings. The van der Waals surface area contributed by atoms with Crippen LogP contribution in [-0.4, -0.2) is 31.3 Å². The number of nitrogens with zero attached hydrogens (tertiary/aromatic N) is 1. The minimum absolute atomic E-state index is 0.131. The van der Waals surface area contributed by atoms with Gasteiger partial charge in [0.05, 0.1) is 17.7 Å². The number of hydrogen-bond donors (Lipinski definition) is 1. The zero-order chi connectivity index (χ0) is 17.7. The summed E-state index contributed by atoms with van der Waals surface area (Å²) in [6.07, 6.45) is 1.97. The van der Waals surface area contributed by atoms with Gasteiger partial charge in [-0.15, -0.1) is 0 Å². The Morgan fingerprint density at radius 3 is 2.62 bits per heavy atom. The molecule has 0 atom stereocenters. The van der Waals surface area contributed by atoms with Crippen molar-refractivity contribution in [3.63, 3.8) is 0 Å². The minimum atomic E-state index is -0.790. The fourth-order valence-electron chi connectivity index (χ4n) is 2.51. The van der Waals surface area contributed by atoms with Crippen LogP contribution in [-0.2, 0) is 4.74 Å². The summed E-state index contributed by atoms with van der Waals surface area (Å²) in [6.45, 7) is 7.40. The first-order valence-electron chi connectivity index (χ1n) is 8.10. The van der Waals surface area contributed by atoms with E-state index in [-0.39, 0.29) is 16.9 Å². The number of rotatable bonds is 4. The van der Waals surface area contributed by atoms with Gasteiger partial charge in [-0.3, -0.25) is 0 Å². The topological polar surface area (TPSA) is 71.4 Å². The smallest absolute Gasteiger partial charge is 0.341 e. The maximum atomic E-state index is 14.3. The molecule has 1 aliphatic heterocycles. The molecular formula is C18H23FN2O3. The highest BCUT2D eigenvalue weighted by Crippen LogP contribution is 2.25. The van der Waals surface area contributed by atoms with Gasteiger partial charge in [-0.05, 0) is 58.7 Å². The predicted octanol–water partition coefficient (Wildman–Crippen LogP) is 3.03. The number of nitriles is 1. The van der Waals surface area contributed by atoms with Crippen LogP contribution in [0.3, 0.4) is 0 Å². The number of ether oxygens (including phenoxy) is 2. The number of nitrogens with one attached hydrogen (secondary N) is 1. The lowest BCUT2D eigenvalue weighted by atomic mass is 9.99. The molecule has 130 valence electrons. The fraction of sp³-hybridized carbons (Fsp3) is 0.556. The van der Waals surface area contributed by atoms with Crippen LogP contribution < -0.4 is 10.1 Å². The number of halogens is 1. The summed E-state index contributed by atoms with van der Waals surface area (Å²) >= 11 is 0. The first kappa shape index (κ1) is 18.2. The van der Waals surface area contributed by atoms with E-state index in [1.54, 1.807) is 20.8 Å². The summed E-state index contributed by atoms with van der Waals surface area (Å²) in [7, 11) is 0. The molecule has 5 nitrogen and oxygen atoms in total. The summed E-state index contributed by atoms with van der Waals surface area (Å²) < 4.78 is 25.1. The van der Waals surface area contributed by atoms with Crippen LogP contribution in [0.1, 0.15) is 49.5 Å². The van der Waals surface area contributed by atoms with Gasteiger partial charge in [0.15, 0.2) is 0 Å². The van der Waals surface area contributed by atoms with E-state index in [0.717, 1.165) is 32.0 Å². The molecule has 6 heteroatoms. The van der Waals surface area contributed by atoms with Crippen molar-refractivity contribution in [1.29, 1.82) is 5.26 Å². The maximum Gasteiger partial charge on any atom is 0.341 e. The molecule has 1 aromatic rings. The highest BCUT2D eigenvalue weighted by Gasteiger charge is 2.23. The monoisotopic (exact) mass is 334 g/mol. The third-order valence-corrected chi connectivity index (χ3v) is 3.74. The molecule has 0 spiro atoms. The lowest BCUT2D eigenvalue weighted by Gasteiger charge is -2.23. The van der Waals surface area contributed by atoms with Gasteiger partial charge in [-0.25, -0.2) is 9.18 Å².